The number of para-hydroxylation sites is 1. The molecule has 8 heteroatoms. The fraction of sp³-hybridized carbons (Fsp3) is 0.500. The summed E-state index contributed by atoms with van der Waals surface area (Å²) in [6.45, 7) is 5.52. The van der Waals surface area contributed by atoms with E-state index in [1.165, 1.54) is 22.6 Å². The van der Waals surface area contributed by atoms with Gasteiger partial charge < -0.3 is 9.80 Å². The van der Waals surface area contributed by atoms with Crippen molar-refractivity contribution in [1.82, 2.24) is 9.80 Å². The summed E-state index contributed by atoms with van der Waals surface area (Å²) in [5, 5.41) is 2.08. The molecular formula is C22H26F3N3OS. The average molecular weight is 438 g/mol. The number of fused-ring (bicyclic) bond motifs is 1. The zero-order chi connectivity index (χ0) is 21.3. The van der Waals surface area contributed by atoms with Crippen LogP contribution in [0.2, 0.25) is 0 Å². The van der Waals surface area contributed by atoms with Gasteiger partial charge in [0.05, 0.1) is 11.6 Å². The molecule has 2 aromatic rings. The number of nitrogens with zero attached hydrogens (tertiary/aromatic N) is 3. The number of hydrogen-bond acceptors (Lipinski definition) is 4. The molecule has 0 aliphatic carbocycles. The maximum Gasteiger partial charge on any atom is 0.418 e. The average Bonchev–Trinajstić information content (AvgIpc) is 3.22. The third-order valence-electron chi connectivity index (χ3n) is 6.10. The second-order valence-electron chi connectivity index (χ2n) is 7.84. The van der Waals surface area contributed by atoms with Crippen LogP contribution in [-0.4, -0.2) is 54.5 Å². The monoisotopic (exact) mass is 437 g/mol. The highest BCUT2D eigenvalue weighted by Crippen LogP contribution is 2.37. The number of piperazine rings is 1. The van der Waals surface area contributed by atoms with E-state index in [1.807, 2.05) is 11.8 Å². The van der Waals surface area contributed by atoms with Gasteiger partial charge in [-0.15, -0.1) is 11.3 Å². The molecular weight excluding hydrogens is 411 g/mol. The molecule has 2 aliphatic heterocycles. The largest absolute Gasteiger partial charge is 0.418 e. The normalized spacial score (nSPS) is 18.9. The first kappa shape index (κ1) is 21.2. The molecule has 3 heterocycles. The maximum atomic E-state index is 13.4. The Balaban J connectivity index is 1.41. The van der Waals surface area contributed by atoms with Crippen molar-refractivity contribution in [2.75, 3.05) is 37.6 Å². The van der Waals surface area contributed by atoms with Gasteiger partial charge in [0.2, 0.25) is 5.91 Å². The third-order valence-corrected chi connectivity index (χ3v) is 7.12. The number of halogens is 3. The predicted octanol–water partition coefficient (Wildman–Crippen LogP) is 4.25. The van der Waals surface area contributed by atoms with Gasteiger partial charge in [-0.1, -0.05) is 19.1 Å². The van der Waals surface area contributed by atoms with Crippen molar-refractivity contribution in [3.8, 4) is 0 Å². The van der Waals surface area contributed by atoms with Crippen LogP contribution < -0.4 is 4.90 Å². The van der Waals surface area contributed by atoms with E-state index in [4.69, 9.17) is 0 Å². The highest BCUT2D eigenvalue weighted by Gasteiger charge is 2.37. The van der Waals surface area contributed by atoms with E-state index < -0.39 is 11.7 Å². The van der Waals surface area contributed by atoms with Crippen molar-refractivity contribution in [2.45, 2.75) is 38.5 Å². The Labute approximate surface area is 178 Å². The molecule has 2 aliphatic rings. The Kier molecular flexibility index (Phi) is 6.06. The van der Waals surface area contributed by atoms with Gasteiger partial charge in [-0.05, 0) is 42.0 Å². The van der Waals surface area contributed by atoms with Crippen molar-refractivity contribution in [3.63, 3.8) is 0 Å². The molecule has 0 spiro atoms. The number of benzene rings is 1. The van der Waals surface area contributed by atoms with Gasteiger partial charge >= 0.3 is 6.18 Å². The second-order valence-corrected chi connectivity index (χ2v) is 8.84. The lowest BCUT2D eigenvalue weighted by molar-refractivity contribution is -0.138. The molecule has 0 radical (unpaired) electrons. The van der Waals surface area contributed by atoms with Crippen molar-refractivity contribution < 1.29 is 18.0 Å². The van der Waals surface area contributed by atoms with E-state index in [9.17, 15) is 18.0 Å². The Morgan fingerprint density at radius 3 is 2.53 bits per heavy atom. The zero-order valence-electron chi connectivity index (χ0n) is 17.0. The molecule has 1 aromatic heterocycles. The first-order valence-corrected chi connectivity index (χ1v) is 11.3. The predicted molar refractivity (Wildman–Crippen MR) is 113 cm³/mol. The molecule has 1 fully saturated rings. The van der Waals surface area contributed by atoms with Crippen LogP contribution in [0.25, 0.3) is 0 Å². The minimum Gasteiger partial charge on any atom is -0.368 e. The fourth-order valence-corrected chi connectivity index (χ4v) is 5.39. The second kappa shape index (κ2) is 8.59. The minimum absolute atomic E-state index is 0.137. The highest BCUT2D eigenvalue weighted by atomic mass is 32.1. The van der Waals surface area contributed by atoms with Crippen molar-refractivity contribution in [2.24, 2.45) is 0 Å². The number of hydrogen-bond donors (Lipinski definition) is 0. The Morgan fingerprint density at radius 2 is 1.83 bits per heavy atom. The molecule has 4 nitrogen and oxygen atoms in total. The van der Waals surface area contributed by atoms with Crippen LogP contribution in [0.1, 0.15) is 29.3 Å². The smallest absolute Gasteiger partial charge is 0.368 e. The Morgan fingerprint density at radius 1 is 1.10 bits per heavy atom. The van der Waals surface area contributed by atoms with Crippen molar-refractivity contribution >= 4 is 22.9 Å². The topological polar surface area (TPSA) is 26.8 Å². The van der Waals surface area contributed by atoms with Crippen LogP contribution in [0.5, 0.6) is 0 Å². The molecule has 4 rings (SSSR count). The van der Waals surface area contributed by atoms with Crippen molar-refractivity contribution in [1.29, 1.82) is 0 Å². The lowest BCUT2D eigenvalue weighted by atomic mass is 10.1. The molecule has 1 unspecified atom stereocenters. The lowest BCUT2D eigenvalue weighted by Crippen LogP contribution is -2.56. The third kappa shape index (κ3) is 4.21. The molecule has 0 saturated carbocycles. The number of carbonyl (C=O) groups excluding carboxylic acids is 1. The van der Waals surface area contributed by atoms with E-state index in [0.717, 1.165) is 19.0 Å². The Bertz CT molecular complexity index is 890. The summed E-state index contributed by atoms with van der Waals surface area (Å²) in [5.74, 6) is 0.137. The van der Waals surface area contributed by atoms with E-state index in [2.05, 4.69) is 16.3 Å². The highest BCUT2D eigenvalue weighted by molar-refractivity contribution is 7.10. The number of thiophene rings is 1. The van der Waals surface area contributed by atoms with Crippen molar-refractivity contribution in [3.05, 3.63) is 51.7 Å². The summed E-state index contributed by atoms with van der Waals surface area (Å²) >= 11 is 1.75. The SMILES string of the molecule is CCC(C(=O)N1CCc2sccc2C1)N1CCN(c2ccccc2C(F)(F)F)CC1. The van der Waals surface area contributed by atoms with Crippen LogP contribution in [0.15, 0.2) is 35.7 Å². The lowest BCUT2D eigenvalue weighted by Gasteiger charge is -2.41. The Hall–Kier alpha value is -2.06. The summed E-state index contributed by atoms with van der Waals surface area (Å²) < 4.78 is 40.1. The van der Waals surface area contributed by atoms with Gasteiger partial charge in [0.25, 0.3) is 0 Å². The molecule has 30 heavy (non-hydrogen) atoms. The van der Waals surface area contributed by atoms with Crippen LogP contribution in [-0.2, 0) is 23.9 Å². The van der Waals surface area contributed by atoms with Gasteiger partial charge in [-0.25, -0.2) is 0 Å². The molecule has 162 valence electrons. The van der Waals surface area contributed by atoms with E-state index >= 15 is 0 Å². The van der Waals surface area contributed by atoms with Crippen LogP contribution >= 0.6 is 11.3 Å². The van der Waals surface area contributed by atoms with Gasteiger partial charge in [0, 0.05) is 49.8 Å². The van der Waals surface area contributed by atoms with E-state index in [0.29, 0.717) is 39.1 Å². The minimum atomic E-state index is -4.37. The van der Waals surface area contributed by atoms with Gasteiger partial charge in [0.15, 0.2) is 0 Å². The molecule has 1 saturated heterocycles. The van der Waals surface area contributed by atoms with Gasteiger partial charge in [-0.3, -0.25) is 9.69 Å². The summed E-state index contributed by atoms with van der Waals surface area (Å²) in [6, 6.07) is 7.61. The molecule has 0 bridgehead atoms. The standard InChI is InChI=1S/C22H26F3N3OS/c1-2-18(21(29)28-9-7-20-16(15-28)8-14-30-20)26-10-12-27(13-11-26)19-6-4-3-5-17(19)22(23,24)25/h3-6,8,14,18H,2,7,9-13,15H2,1H3. The molecule has 1 aromatic carbocycles. The first-order chi connectivity index (χ1) is 14.4. The number of carbonyl (C=O) groups is 1. The number of rotatable bonds is 4. The van der Waals surface area contributed by atoms with Crippen LogP contribution in [0.4, 0.5) is 18.9 Å². The number of amides is 1. The number of alkyl halides is 3. The van der Waals surface area contributed by atoms with Crippen LogP contribution in [0.3, 0.4) is 0 Å². The summed E-state index contributed by atoms with van der Waals surface area (Å²) in [4.78, 5) is 20.5. The fourth-order valence-electron chi connectivity index (χ4n) is 4.50. The molecule has 1 amide bonds. The maximum absolute atomic E-state index is 13.4. The van der Waals surface area contributed by atoms with Gasteiger partial charge in [-0.2, -0.15) is 13.2 Å². The first-order valence-electron chi connectivity index (χ1n) is 10.4. The summed E-state index contributed by atoms with van der Waals surface area (Å²) in [7, 11) is 0. The van der Waals surface area contributed by atoms with Gasteiger partial charge in [0.1, 0.15) is 0 Å². The van der Waals surface area contributed by atoms with E-state index in [-0.39, 0.29) is 17.6 Å². The van der Waals surface area contributed by atoms with Crippen LogP contribution in [0, 0.1) is 0 Å². The summed E-state index contributed by atoms with van der Waals surface area (Å²) in [5.41, 5.74) is 0.870. The van der Waals surface area contributed by atoms with E-state index in [1.54, 1.807) is 22.3 Å². The quantitative estimate of drug-likeness (QED) is 0.716. The number of anilines is 1. The molecule has 1 atom stereocenters. The summed E-state index contributed by atoms with van der Waals surface area (Å²) in [6.07, 6.45) is -2.77. The zero-order valence-corrected chi connectivity index (χ0v) is 17.8. The molecule has 0 N–H and O–H groups in total.